The fourth-order valence-corrected chi connectivity index (χ4v) is 4.74. The Balaban J connectivity index is 1.52. The molecule has 1 aliphatic carbocycles. The molecular weight excluding hydrogens is 354 g/mol. The van der Waals surface area contributed by atoms with Crippen molar-refractivity contribution in [2.75, 3.05) is 20.2 Å². The van der Waals surface area contributed by atoms with Gasteiger partial charge in [-0.05, 0) is 63.3 Å². The van der Waals surface area contributed by atoms with Crippen LogP contribution in [0.5, 0.6) is 5.88 Å². The fourth-order valence-electron chi connectivity index (χ4n) is 4.74. The number of piperidine rings is 1. The molecule has 1 saturated carbocycles. The lowest BCUT2D eigenvalue weighted by atomic mass is 9.85. The Kier molecular flexibility index (Phi) is 5.78. The number of benzene rings is 1. The number of aliphatic hydroxyl groups excluding tert-OH is 1. The van der Waals surface area contributed by atoms with Crippen LogP contribution in [0.2, 0.25) is 0 Å². The maximum Gasteiger partial charge on any atom is 0.213 e. The van der Waals surface area contributed by atoms with Gasteiger partial charge in [-0.15, -0.1) is 0 Å². The Bertz CT molecular complexity index is 846. The number of aromatic nitrogens is 1. The third-order valence-corrected chi connectivity index (χ3v) is 6.30. The van der Waals surface area contributed by atoms with Crippen molar-refractivity contribution in [2.45, 2.75) is 50.7 Å². The Labute approximate surface area is 165 Å². The molecule has 2 aromatic rings. The zero-order valence-corrected chi connectivity index (χ0v) is 16.4. The number of oxime groups is 1. The molecule has 0 radical (unpaired) electrons. The van der Waals surface area contributed by atoms with Gasteiger partial charge in [-0.3, -0.25) is 4.90 Å². The van der Waals surface area contributed by atoms with Crippen LogP contribution in [-0.2, 0) is 0 Å². The summed E-state index contributed by atoms with van der Waals surface area (Å²) in [7, 11) is 1.61. The molecule has 1 aliphatic heterocycles. The molecule has 1 unspecified atom stereocenters. The van der Waals surface area contributed by atoms with Gasteiger partial charge in [0.25, 0.3) is 0 Å². The fraction of sp³-hybridized carbons (Fsp3) is 0.545. The van der Waals surface area contributed by atoms with Crippen LogP contribution in [0.4, 0.5) is 0 Å². The van der Waals surface area contributed by atoms with Crippen LogP contribution in [0, 0.1) is 5.92 Å². The maximum absolute atomic E-state index is 9.82. The highest BCUT2D eigenvalue weighted by Crippen LogP contribution is 2.30. The normalized spacial score (nSPS) is 27.1. The molecule has 2 aliphatic rings. The number of pyridine rings is 1. The number of ether oxygens (including phenoxy) is 1. The van der Waals surface area contributed by atoms with Gasteiger partial charge in [-0.1, -0.05) is 11.2 Å². The van der Waals surface area contributed by atoms with Crippen LogP contribution in [-0.4, -0.2) is 58.3 Å². The summed E-state index contributed by atoms with van der Waals surface area (Å²) >= 11 is 0. The molecule has 2 N–H and O–H groups in total. The van der Waals surface area contributed by atoms with Gasteiger partial charge in [0, 0.05) is 35.5 Å². The first-order valence-electron chi connectivity index (χ1n) is 10.3. The predicted octanol–water partition coefficient (Wildman–Crippen LogP) is 3.44. The molecule has 1 aromatic heterocycles. The van der Waals surface area contributed by atoms with Gasteiger partial charge in [-0.2, -0.15) is 0 Å². The molecule has 2 heterocycles. The minimum Gasteiger partial charge on any atom is -0.481 e. The Morgan fingerprint density at radius 1 is 1.14 bits per heavy atom. The topological polar surface area (TPSA) is 78.2 Å². The summed E-state index contributed by atoms with van der Waals surface area (Å²) in [6, 6.07) is 10.4. The van der Waals surface area contributed by atoms with Crippen LogP contribution >= 0.6 is 0 Å². The van der Waals surface area contributed by atoms with Crippen molar-refractivity contribution < 1.29 is 15.1 Å². The van der Waals surface area contributed by atoms with E-state index in [2.05, 4.69) is 15.0 Å². The van der Waals surface area contributed by atoms with E-state index in [0.717, 1.165) is 73.8 Å². The van der Waals surface area contributed by atoms with Crippen LogP contribution in [0.15, 0.2) is 35.5 Å². The summed E-state index contributed by atoms with van der Waals surface area (Å²) in [6.45, 7) is 2.01. The van der Waals surface area contributed by atoms with E-state index < -0.39 is 0 Å². The minimum absolute atomic E-state index is 0.128. The SMILES string of the molecule is COc1ccc2cc(/C(=N/O)C3CCCN(C4CCC(O)CC4)C3)ccc2n1. The second-order valence-corrected chi connectivity index (χ2v) is 8.04. The van der Waals surface area contributed by atoms with Crippen molar-refractivity contribution in [3.8, 4) is 5.88 Å². The molecule has 1 atom stereocenters. The van der Waals surface area contributed by atoms with E-state index in [1.165, 1.54) is 0 Å². The molecule has 1 saturated heterocycles. The monoisotopic (exact) mass is 383 g/mol. The molecule has 28 heavy (non-hydrogen) atoms. The van der Waals surface area contributed by atoms with Crippen LogP contribution in [0.25, 0.3) is 10.9 Å². The van der Waals surface area contributed by atoms with Crippen molar-refractivity contribution in [1.82, 2.24) is 9.88 Å². The van der Waals surface area contributed by atoms with Gasteiger partial charge < -0.3 is 15.1 Å². The number of aliphatic hydroxyl groups is 1. The molecule has 0 bridgehead atoms. The lowest BCUT2D eigenvalue weighted by Crippen LogP contribution is -2.46. The van der Waals surface area contributed by atoms with Crippen LogP contribution in [0.3, 0.4) is 0 Å². The van der Waals surface area contributed by atoms with Crippen molar-refractivity contribution >= 4 is 16.6 Å². The van der Waals surface area contributed by atoms with E-state index in [9.17, 15) is 10.3 Å². The van der Waals surface area contributed by atoms with E-state index in [1.807, 2.05) is 30.3 Å². The summed E-state index contributed by atoms with van der Waals surface area (Å²) in [4.78, 5) is 7.00. The first-order valence-corrected chi connectivity index (χ1v) is 10.3. The summed E-state index contributed by atoms with van der Waals surface area (Å²) in [5, 5.41) is 24.3. The van der Waals surface area contributed by atoms with Gasteiger partial charge in [0.2, 0.25) is 5.88 Å². The number of rotatable bonds is 4. The molecule has 1 aromatic carbocycles. The van der Waals surface area contributed by atoms with E-state index >= 15 is 0 Å². The quantitative estimate of drug-likeness (QED) is 0.480. The highest BCUT2D eigenvalue weighted by molar-refractivity contribution is 6.04. The minimum atomic E-state index is -0.128. The van der Waals surface area contributed by atoms with Gasteiger partial charge in [0.15, 0.2) is 0 Å². The summed E-state index contributed by atoms with van der Waals surface area (Å²) in [6.07, 6.45) is 5.92. The molecule has 2 fully saturated rings. The number of hydrogen-bond acceptors (Lipinski definition) is 6. The summed E-state index contributed by atoms with van der Waals surface area (Å²) in [5.41, 5.74) is 2.58. The average Bonchev–Trinajstić information content (AvgIpc) is 2.74. The van der Waals surface area contributed by atoms with Gasteiger partial charge in [-0.25, -0.2) is 4.98 Å². The number of methoxy groups -OCH3 is 1. The third kappa shape index (κ3) is 3.98. The summed E-state index contributed by atoms with van der Waals surface area (Å²) in [5.74, 6) is 0.811. The molecule has 0 amide bonds. The zero-order valence-electron chi connectivity index (χ0n) is 16.4. The van der Waals surface area contributed by atoms with Crippen molar-refractivity contribution in [3.05, 3.63) is 35.9 Å². The van der Waals surface area contributed by atoms with E-state index in [4.69, 9.17) is 4.74 Å². The highest BCUT2D eigenvalue weighted by atomic mass is 16.5. The molecule has 4 rings (SSSR count). The van der Waals surface area contributed by atoms with Crippen molar-refractivity contribution in [2.24, 2.45) is 11.1 Å². The Morgan fingerprint density at radius 3 is 2.71 bits per heavy atom. The molecule has 6 heteroatoms. The number of hydrogen-bond donors (Lipinski definition) is 2. The molecular formula is C22H29N3O3. The lowest BCUT2D eigenvalue weighted by Gasteiger charge is -2.40. The van der Waals surface area contributed by atoms with Crippen LogP contribution in [0.1, 0.15) is 44.1 Å². The second kappa shape index (κ2) is 8.45. The van der Waals surface area contributed by atoms with E-state index in [1.54, 1.807) is 7.11 Å². The molecule has 150 valence electrons. The summed E-state index contributed by atoms with van der Waals surface area (Å²) < 4.78 is 5.20. The van der Waals surface area contributed by atoms with Gasteiger partial charge in [0.1, 0.15) is 0 Å². The smallest absolute Gasteiger partial charge is 0.213 e. The van der Waals surface area contributed by atoms with Gasteiger partial charge in [0.05, 0.1) is 24.4 Å². The Hall–Kier alpha value is -2.18. The first-order chi connectivity index (χ1) is 13.7. The van der Waals surface area contributed by atoms with E-state index in [-0.39, 0.29) is 12.0 Å². The third-order valence-electron chi connectivity index (χ3n) is 6.30. The standard InChI is InChI=1S/C22H29N3O3/c1-28-21-11-5-15-13-16(4-10-20(15)23-21)22(24-27)17-3-2-12-25(14-17)18-6-8-19(26)9-7-18/h4-5,10-11,13,17-19,26-27H,2-3,6-9,12,14H2,1H3/b24-22-. The number of fused-ring (bicyclic) bond motifs is 1. The highest BCUT2D eigenvalue weighted by Gasteiger charge is 2.31. The second-order valence-electron chi connectivity index (χ2n) is 8.04. The van der Waals surface area contributed by atoms with Crippen molar-refractivity contribution in [1.29, 1.82) is 0 Å². The number of likely N-dealkylation sites (tertiary alicyclic amines) is 1. The predicted molar refractivity (Wildman–Crippen MR) is 109 cm³/mol. The van der Waals surface area contributed by atoms with Crippen molar-refractivity contribution in [3.63, 3.8) is 0 Å². The first kappa shape index (κ1) is 19.2. The molecule has 6 nitrogen and oxygen atoms in total. The Morgan fingerprint density at radius 2 is 1.96 bits per heavy atom. The van der Waals surface area contributed by atoms with Gasteiger partial charge >= 0.3 is 0 Å². The molecule has 0 spiro atoms. The number of nitrogens with zero attached hydrogens (tertiary/aromatic N) is 3. The van der Waals surface area contributed by atoms with Crippen LogP contribution < -0.4 is 4.74 Å². The average molecular weight is 383 g/mol. The zero-order chi connectivity index (χ0) is 19.5. The largest absolute Gasteiger partial charge is 0.481 e. The maximum atomic E-state index is 9.82. The van der Waals surface area contributed by atoms with E-state index in [0.29, 0.717) is 11.9 Å². The lowest BCUT2D eigenvalue weighted by molar-refractivity contribution is 0.0590.